The highest BCUT2D eigenvalue weighted by Crippen LogP contribution is 2.17. The highest BCUT2D eigenvalue weighted by atomic mass is 16.3. The van der Waals surface area contributed by atoms with Gasteiger partial charge >= 0.3 is 0 Å². The molecule has 0 saturated carbocycles. The number of carbonyl (C=O) groups is 1. The molecule has 3 aromatic rings. The van der Waals surface area contributed by atoms with Crippen LogP contribution in [-0.4, -0.2) is 31.4 Å². The number of hydrogen-bond acceptors (Lipinski definition) is 4. The highest BCUT2D eigenvalue weighted by Gasteiger charge is 2.17. The van der Waals surface area contributed by atoms with Crippen LogP contribution in [0.1, 0.15) is 35.5 Å². The van der Waals surface area contributed by atoms with Crippen molar-refractivity contribution in [2.75, 3.05) is 0 Å². The Balaban J connectivity index is 1.63. The Kier molecular flexibility index (Phi) is 4.34. The van der Waals surface area contributed by atoms with Crippen LogP contribution in [0, 0.1) is 0 Å². The van der Waals surface area contributed by atoms with Crippen molar-refractivity contribution < 1.29 is 9.90 Å². The largest absolute Gasteiger partial charge is 0.388 e. The summed E-state index contributed by atoms with van der Waals surface area (Å²) in [6.07, 6.45) is 4.87. The number of carbonyl (C=O) groups excluding carboxylic acids is 1. The van der Waals surface area contributed by atoms with Gasteiger partial charge in [-0.25, -0.2) is 9.97 Å². The van der Waals surface area contributed by atoms with Gasteiger partial charge in [0, 0.05) is 24.6 Å². The average Bonchev–Trinajstić information content (AvgIpc) is 2.99. The molecule has 0 radical (unpaired) electrons. The molecule has 3 rings (SSSR count). The minimum atomic E-state index is -0.616. The summed E-state index contributed by atoms with van der Waals surface area (Å²) in [5, 5.41) is 13.1. The van der Waals surface area contributed by atoms with Gasteiger partial charge in [-0.05, 0) is 25.0 Å². The van der Waals surface area contributed by atoms with Crippen molar-refractivity contribution in [3.05, 3.63) is 66.2 Å². The number of fused-ring (bicyclic) bond motifs is 1. The van der Waals surface area contributed by atoms with Gasteiger partial charge in [-0.2, -0.15) is 0 Å². The van der Waals surface area contributed by atoms with E-state index in [2.05, 4.69) is 15.3 Å². The molecule has 6 nitrogen and oxygen atoms in total. The first-order valence-electron chi connectivity index (χ1n) is 7.47. The summed E-state index contributed by atoms with van der Waals surface area (Å²) in [4.78, 5) is 20.5. The smallest absolute Gasteiger partial charge is 0.271 e. The van der Waals surface area contributed by atoms with Gasteiger partial charge in [0.1, 0.15) is 5.69 Å². The molecule has 0 spiro atoms. The first-order valence-corrected chi connectivity index (χ1v) is 7.47. The molecule has 2 heterocycles. The quantitative estimate of drug-likeness (QED) is 0.755. The lowest BCUT2D eigenvalue weighted by molar-refractivity contribution is 0.0912. The predicted molar refractivity (Wildman–Crippen MR) is 85.9 cm³/mol. The van der Waals surface area contributed by atoms with Crippen molar-refractivity contribution in [2.45, 2.75) is 25.5 Å². The van der Waals surface area contributed by atoms with Crippen LogP contribution >= 0.6 is 0 Å². The zero-order chi connectivity index (χ0) is 16.2. The predicted octanol–water partition coefficient (Wildman–Crippen LogP) is 1.97. The molecular formula is C17H18N4O2. The monoisotopic (exact) mass is 310 g/mol. The third-order valence-corrected chi connectivity index (χ3v) is 3.61. The molecule has 2 N–H and O–H groups in total. The number of benzene rings is 1. The molecule has 0 fully saturated rings. The minimum absolute atomic E-state index is 0.185. The summed E-state index contributed by atoms with van der Waals surface area (Å²) >= 11 is 0. The molecule has 23 heavy (non-hydrogen) atoms. The van der Waals surface area contributed by atoms with Crippen molar-refractivity contribution in [2.24, 2.45) is 0 Å². The Bertz CT molecular complexity index is 767. The number of aliphatic hydroxyl groups is 1. The SMILES string of the molecule is CC(CC(O)c1ccccc1)NC(=O)c1cn2cccnc2n1. The van der Waals surface area contributed by atoms with E-state index in [1.165, 1.54) is 0 Å². The summed E-state index contributed by atoms with van der Waals surface area (Å²) in [7, 11) is 0. The molecule has 118 valence electrons. The van der Waals surface area contributed by atoms with Gasteiger partial charge < -0.3 is 10.4 Å². The van der Waals surface area contributed by atoms with Crippen LogP contribution < -0.4 is 5.32 Å². The normalized spacial score (nSPS) is 13.7. The molecule has 6 heteroatoms. The molecule has 0 aliphatic carbocycles. The Morgan fingerprint density at radius 2 is 2.09 bits per heavy atom. The van der Waals surface area contributed by atoms with E-state index in [9.17, 15) is 9.90 Å². The fraction of sp³-hybridized carbons (Fsp3) is 0.235. The maximum absolute atomic E-state index is 12.2. The molecule has 1 amide bonds. The molecule has 0 aliphatic heterocycles. The third-order valence-electron chi connectivity index (χ3n) is 3.61. The maximum atomic E-state index is 12.2. The topological polar surface area (TPSA) is 79.5 Å². The summed E-state index contributed by atoms with van der Waals surface area (Å²) in [5.74, 6) is 0.206. The summed E-state index contributed by atoms with van der Waals surface area (Å²) < 4.78 is 1.69. The van der Waals surface area contributed by atoms with E-state index >= 15 is 0 Å². The Labute approximate surface area is 133 Å². The van der Waals surface area contributed by atoms with E-state index in [1.807, 2.05) is 37.3 Å². The van der Waals surface area contributed by atoms with Crippen LogP contribution in [0.2, 0.25) is 0 Å². The molecule has 2 unspecified atom stereocenters. The lowest BCUT2D eigenvalue weighted by atomic mass is 10.0. The number of aliphatic hydroxyl groups excluding tert-OH is 1. The molecule has 1 aromatic carbocycles. The number of nitrogens with zero attached hydrogens (tertiary/aromatic N) is 3. The first kappa shape index (κ1) is 15.2. The second-order valence-electron chi connectivity index (χ2n) is 5.49. The molecule has 2 atom stereocenters. The second-order valence-corrected chi connectivity index (χ2v) is 5.49. The molecule has 2 aromatic heterocycles. The van der Waals surface area contributed by atoms with Crippen LogP contribution in [0.4, 0.5) is 0 Å². The van der Waals surface area contributed by atoms with Gasteiger partial charge in [-0.3, -0.25) is 9.20 Å². The van der Waals surface area contributed by atoms with Crippen molar-refractivity contribution >= 4 is 11.7 Å². The minimum Gasteiger partial charge on any atom is -0.388 e. The van der Waals surface area contributed by atoms with Crippen LogP contribution in [0.15, 0.2) is 55.0 Å². The van der Waals surface area contributed by atoms with Gasteiger partial charge in [0.2, 0.25) is 5.78 Å². The van der Waals surface area contributed by atoms with Crippen molar-refractivity contribution in [3.8, 4) is 0 Å². The molecular weight excluding hydrogens is 292 g/mol. The first-order chi connectivity index (χ1) is 11.1. The van der Waals surface area contributed by atoms with E-state index in [1.54, 1.807) is 29.1 Å². The number of amides is 1. The van der Waals surface area contributed by atoms with Gasteiger partial charge in [-0.1, -0.05) is 30.3 Å². The van der Waals surface area contributed by atoms with E-state index in [-0.39, 0.29) is 11.9 Å². The van der Waals surface area contributed by atoms with E-state index in [0.29, 0.717) is 17.9 Å². The summed E-state index contributed by atoms with van der Waals surface area (Å²) in [6, 6.07) is 11.0. The summed E-state index contributed by atoms with van der Waals surface area (Å²) in [5.41, 5.74) is 1.15. The maximum Gasteiger partial charge on any atom is 0.271 e. The van der Waals surface area contributed by atoms with Gasteiger partial charge in [0.25, 0.3) is 5.91 Å². The zero-order valence-electron chi connectivity index (χ0n) is 12.8. The highest BCUT2D eigenvalue weighted by molar-refractivity contribution is 5.92. The lowest BCUT2D eigenvalue weighted by Gasteiger charge is -2.17. The third kappa shape index (κ3) is 3.54. The van der Waals surface area contributed by atoms with Crippen molar-refractivity contribution in [1.29, 1.82) is 0 Å². The lowest BCUT2D eigenvalue weighted by Crippen LogP contribution is -2.34. The molecule has 0 saturated heterocycles. The van der Waals surface area contributed by atoms with Crippen molar-refractivity contribution in [1.82, 2.24) is 19.7 Å². The van der Waals surface area contributed by atoms with E-state index in [4.69, 9.17) is 0 Å². The van der Waals surface area contributed by atoms with E-state index in [0.717, 1.165) is 5.56 Å². The summed E-state index contributed by atoms with van der Waals surface area (Å²) in [6.45, 7) is 1.86. The number of imidazole rings is 1. The fourth-order valence-corrected chi connectivity index (χ4v) is 2.44. The number of nitrogens with one attached hydrogen (secondary N) is 1. The number of aromatic nitrogens is 3. The zero-order valence-corrected chi connectivity index (χ0v) is 12.8. The number of rotatable bonds is 5. The van der Waals surface area contributed by atoms with E-state index < -0.39 is 6.10 Å². The Hall–Kier alpha value is -2.73. The number of hydrogen-bond donors (Lipinski definition) is 2. The van der Waals surface area contributed by atoms with Crippen molar-refractivity contribution in [3.63, 3.8) is 0 Å². The Morgan fingerprint density at radius 1 is 1.30 bits per heavy atom. The van der Waals surface area contributed by atoms with Crippen LogP contribution in [0.3, 0.4) is 0 Å². The van der Waals surface area contributed by atoms with Crippen LogP contribution in [0.5, 0.6) is 0 Å². The molecule has 0 aliphatic rings. The van der Waals surface area contributed by atoms with Crippen LogP contribution in [0.25, 0.3) is 5.78 Å². The second kappa shape index (κ2) is 6.58. The van der Waals surface area contributed by atoms with Gasteiger partial charge in [0.15, 0.2) is 0 Å². The average molecular weight is 310 g/mol. The van der Waals surface area contributed by atoms with Gasteiger partial charge in [0.05, 0.1) is 6.10 Å². The Morgan fingerprint density at radius 3 is 2.83 bits per heavy atom. The van der Waals surface area contributed by atoms with Gasteiger partial charge in [-0.15, -0.1) is 0 Å². The molecule has 0 bridgehead atoms. The standard InChI is InChI=1S/C17H18N4O2/c1-12(10-15(22)13-6-3-2-4-7-13)19-16(23)14-11-21-9-5-8-18-17(21)20-14/h2-9,11-12,15,22H,10H2,1H3,(H,19,23). The fourth-order valence-electron chi connectivity index (χ4n) is 2.44. The van der Waals surface area contributed by atoms with Crippen LogP contribution in [-0.2, 0) is 0 Å².